The van der Waals surface area contributed by atoms with E-state index in [0.717, 1.165) is 55.7 Å². The largest absolute Gasteiger partial charge is 0.337 e. The number of hydrogen-bond acceptors (Lipinski definition) is 4. The van der Waals surface area contributed by atoms with Crippen LogP contribution in [-0.4, -0.2) is 29.7 Å². The van der Waals surface area contributed by atoms with E-state index in [1.54, 1.807) is 0 Å². The van der Waals surface area contributed by atoms with Crippen molar-refractivity contribution in [1.29, 1.82) is 0 Å². The van der Waals surface area contributed by atoms with Gasteiger partial charge in [-0.15, -0.1) is 0 Å². The highest BCUT2D eigenvalue weighted by molar-refractivity contribution is 5.96. The molecule has 6 rings (SSSR count). The van der Waals surface area contributed by atoms with Gasteiger partial charge in [0.05, 0.1) is 16.6 Å². The molecular formula is C26H20N6. The third-order valence-corrected chi connectivity index (χ3v) is 5.98. The molecule has 4 aromatic heterocycles. The molecule has 4 heterocycles. The Kier molecular flexibility index (Phi) is 4.11. The van der Waals surface area contributed by atoms with Crippen molar-refractivity contribution in [2.75, 3.05) is 0 Å². The van der Waals surface area contributed by atoms with Crippen LogP contribution in [0.3, 0.4) is 0 Å². The Morgan fingerprint density at radius 3 is 2.44 bits per heavy atom. The van der Waals surface area contributed by atoms with Gasteiger partial charge in [-0.3, -0.25) is 14.6 Å². The number of nitrogens with one attached hydrogen (secondary N) is 1. The Bertz CT molecular complexity index is 1560. The zero-order valence-electron chi connectivity index (χ0n) is 17.7. The number of benzene rings is 2. The number of aromatic amines is 1. The van der Waals surface area contributed by atoms with Crippen molar-refractivity contribution in [2.45, 2.75) is 6.92 Å². The highest BCUT2D eigenvalue weighted by Crippen LogP contribution is 2.34. The average molecular weight is 416 g/mol. The minimum absolute atomic E-state index is 0.773. The molecule has 0 saturated heterocycles. The molecule has 0 aliphatic carbocycles. The maximum Gasteiger partial charge on any atom is 0.159 e. The third kappa shape index (κ3) is 2.88. The SMILES string of the molecule is Cc1c(-c2ccncc2)cncc1-c1ccc2c(c1)c(-c1nc3ccccc3[nH]1)nn2C. The fourth-order valence-corrected chi connectivity index (χ4v) is 4.31. The summed E-state index contributed by atoms with van der Waals surface area (Å²) in [6.07, 6.45) is 7.46. The van der Waals surface area contributed by atoms with Crippen LogP contribution < -0.4 is 0 Å². The molecule has 154 valence electrons. The highest BCUT2D eigenvalue weighted by atomic mass is 15.3. The monoisotopic (exact) mass is 416 g/mol. The minimum Gasteiger partial charge on any atom is -0.337 e. The van der Waals surface area contributed by atoms with E-state index < -0.39 is 0 Å². The van der Waals surface area contributed by atoms with Crippen LogP contribution in [0.25, 0.3) is 55.7 Å². The summed E-state index contributed by atoms with van der Waals surface area (Å²) in [5, 5.41) is 5.83. The molecule has 2 aromatic carbocycles. The van der Waals surface area contributed by atoms with E-state index in [2.05, 4.69) is 40.1 Å². The van der Waals surface area contributed by atoms with Gasteiger partial charge in [-0.05, 0) is 60.0 Å². The lowest BCUT2D eigenvalue weighted by Gasteiger charge is -2.11. The summed E-state index contributed by atoms with van der Waals surface area (Å²) in [5.41, 5.74) is 9.43. The van der Waals surface area contributed by atoms with Crippen LogP contribution >= 0.6 is 0 Å². The third-order valence-electron chi connectivity index (χ3n) is 5.98. The van der Waals surface area contributed by atoms with Gasteiger partial charge in [0.25, 0.3) is 0 Å². The van der Waals surface area contributed by atoms with Crippen LogP contribution in [0.1, 0.15) is 5.56 Å². The molecule has 0 unspecified atom stereocenters. The van der Waals surface area contributed by atoms with Crippen molar-refractivity contribution in [2.24, 2.45) is 7.05 Å². The average Bonchev–Trinajstić information content (AvgIpc) is 3.40. The summed E-state index contributed by atoms with van der Waals surface area (Å²) in [6, 6.07) is 18.5. The van der Waals surface area contributed by atoms with Gasteiger partial charge in [0.15, 0.2) is 5.82 Å². The van der Waals surface area contributed by atoms with Gasteiger partial charge >= 0.3 is 0 Å². The predicted molar refractivity (Wildman–Crippen MR) is 127 cm³/mol. The molecule has 0 spiro atoms. The molecule has 1 N–H and O–H groups in total. The molecule has 0 atom stereocenters. The second-order valence-electron chi connectivity index (χ2n) is 7.90. The lowest BCUT2D eigenvalue weighted by molar-refractivity contribution is 0.798. The van der Waals surface area contributed by atoms with E-state index in [0.29, 0.717) is 0 Å². The molecule has 0 amide bonds. The molecule has 0 fully saturated rings. The quantitative estimate of drug-likeness (QED) is 0.411. The standard InChI is InChI=1S/C26H20N6/c1-16-20(17-9-11-27-12-10-17)14-28-15-21(16)18-7-8-24-19(13-18)25(31-32(24)2)26-29-22-5-3-4-6-23(22)30-26/h3-15H,1-2H3,(H,29,30). The van der Waals surface area contributed by atoms with Crippen LogP contribution in [0, 0.1) is 6.92 Å². The molecule has 6 aromatic rings. The van der Waals surface area contributed by atoms with Gasteiger partial charge in [-0.1, -0.05) is 18.2 Å². The van der Waals surface area contributed by atoms with Gasteiger partial charge in [0.1, 0.15) is 5.69 Å². The van der Waals surface area contributed by atoms with E-state index in [-0.39, 0.29) is 0 Å². The van der Waals surface area contributed by atoms with E-state index in [4.69, 9.17) is 10.1 Å². The Labute approximate surface area is 184 Å². The number of H-pyrrole nitrogens is 1. The van der Waals surface area contributed by atoms with Gasteiger partial charge in [-0.2, -0.15) is 5.10 Å². The van der Waals surface area contributed by atoms with E-state index in [1.807, 2.05) is 72.9 Å². The Hall–Kier alpha value is -4.32. The second kappa shape index (κ2) is 7.13. The minimum atomic E-state index is 0.773. The summed E-state index contributed by atoms with van der Waals surface area (Å²) >= 11 is 0. The van der Waals surface area contributed by atoms with Crippen molar-refractivity contribution < 1.29 is 0 Å². The number of imidazole rings is 1. The maximum absolute atomic E-state index is 4.78. The fraction of sp³-hybridized carbons (Fsp3) is 0.0769. The molecular weight excluding hydrogens is 396 g/mol. The van der Waals surface area contributed by atoms with Crippen LogP contribution in [0.4, 0.5) is 0 Å². The van der Waals surface area contributed by atoms with Gasteiger partial charge < -0.3 is 4.98 Å². The molecule has 0 saturated carbocycles. The maximum atomic E-state index is 4.78. The molecule has 6 nitrogen and oxygen atoms in total. The number of hydrogen-bond donors (Lipinski definition) is 1. The summed E-state index contributed by atoms with van der Waals surface area (Å²) in [4.78, 5) is 16.9. The Morgan fingerprint density at radius 1 is 0.844 bits per heavy atom. The highest BCUT2D eigenvalue weighted by Gasteiger charge is 2.16. The number of aryl methyl sites for hydroxylation is 1. The number of para-hydroxylation sites is 2. The van der Waals surface area contributed by atoms with Crippen LogP contribution in [-0.2, 0) is 7.05 Å². The van der Waals surface area contributed by atoms with Gasteiger partial charge in [0, 0.05) is 48.3 Å². The first-order valence-electron chi connectivity index (χ1n) is 10.5. The van der Waals surface area contributed by atoms with Crippen LogP contribution in [0.2, 0.25) is 0 Å². The van der Waals surface area contributed by atoms with E-state index >= 15 is 0 Å². The summed E-state index contributed by atoms with van der Waals surface area (Å²) in [6.45, 7) is 2.14. The van der Waals surface area contributed by atoms with Crippen LogP contribution in [0.5, 0.6) is 0 Å². The number of rotatable bonds is 3. The topological polar surface area (TPSA) is 72.3 Å². The van der Waals surface area contributed by atoms with Crippen molar-refractivity contribution in [3.63, 3.8) is 0 Å². The van der Waals surface area contributed by atoms with E-state index in [9.17, 15) is 0 Å². The molecule has 0 aliphatic rings. The summed E-state index contributed by atoms with van der Waals surface area (Å²) < 4.78 is 1.90. The lowest BCUT2D eigenvalue weighted by atomic mass is 9.95. The second-order valence-corrected chi connectivity index (χ2v) is 7.90. The number of pyridine rings is 2. The predicted octanol–water partition coefficient (Wildman–Crippen LogP) is 5.55. The summed E-state index contributed by atoms with van der Waals surface area (Å²) in [5.74, 6) is 0.773. The van der Waals surface area contributed by atoms with Gasteiger partial charge in [0.2, 0.25) is 0 Å². The molecule has 0 radical (unpaired) electrons. The molecule has 0 bridgehead atoms. The van der Waals surface area contributed by atoms with Crippen molar-refractivity contribution in [3.8, 4) is 33.8 Å². The first kappa shape index (κ1) is 18.4. The molecule has 32 heavy (non-hydrogen) atoms. The van der Waals surface area contributed by atoms with E-state index in [1.165, 1.54) is 5.56 Å². The normalized spacial score (nSPS) is 11.4. The Morgan fingerprint density at radius 2 is 1.62 bits per heavy atom. The molecule has 0 aliphatic heterocycles. The fourth-order valence-electron chi connectivity index (χ4n) is 4.31. The lowest BCUT2D eigenvalue weighted by Crippen LogP contribution is -1.92. The Balaban J connectivity index is 1.53. The smallest absolute Gasteiger partial charge is 0.159 e. The zero-order chi connectivity index (χ0) is 21.7. The number of nitrogens with zero attached hydrogens (tertiary/aromatic N) is 5. The van der Waals surface area contributed by atoms with Crippen molar-refractivity contribution in [3.05, 3.63) is 84.9 Å². The number of fused-ring (bicyclic) bond motifs is 2. The first-order valence-corrected chi connectivity index (χ1v) is 10.5. The zero-order valence-corrected chi connectivity index (χ0v) is 17.7. The van der Waals surface area contributed by atoms with Crippen molar-refractivity contribution in [1.82, 2.24) is 29.7 Å². The summed E-state index contributed by atoms with van der Waals surface area (Å²) in [7, 11) is 1.96. The van der Waals surface area contributed by atoms with Crippen LogP contribution in [0.15, 0.2) is 79.4 Å². The number of aromatic nitrogens is 6. The molecule has 6 heteroatoms. The van der Waals surface area contributed by atoms with Gasteiger partial charge in [-0.25, -0.2) is 4.98 Å². The first-order chi connectivity index (χ1) is 15.7. The van der Waals surface area contributed by atoms with Crippen molar-refractivity contribution >= 4 is 21.9 Å².